The Labute approximate surface area is 120 Å². The highest BCUT2D eigenvalue weighted by molar-refractivity contribution is 7.89. The minimum atomic E-state index is -3.51. The molecular weight excluding hydrogens is 276 g/mol. The molecule has 6 nitrogen and oxygen atoms in total. The Hall–Kier alpha value is -0.920. The average Bonchev–Trinajstić information content (AvgIpc) is 2.96. The second-order valence-corrected chi connectivity index (χ2v) is 7.21. The predicted octanol–water partition coefficient (Wildman–Crippen LogP) is 1.11. The summed E-state index contributed by atoms with van der Waals surface area (Å²) in [6.45, 7) is 4.99. The third-order valence-electron chi connectivity index (χ3n) is 4.15. The van der Waals surface area contributed by atoms with Crippen LogP contribution in [0.4, 0.5) is 0 Å². The maximum absolute atomic E-state index is 12.7. The number of piperidine rings is 1. The zero-order valence-electron chi connectivity index (χ0n) is 12.2. The first-order chi connectivity index (χ1) is 9.52. The minimum absolute atomic E-state index is 0.105. The predicted molar refractivity (Wildman–Crippen MR) is 77.7 cm³/mol. The molecule has 2 rings (SSSR count). The molecule has 20 heavy (non-hydrogen) atoms. The number of aryl methyl sites for hydroxylation is 1. The summed E-state index contributed by atoms with van der Waals surface area (Å²) in [6.07, 6.45) is 4.93. The van der Waals surface area contributed by atoms with Crippen molar-refractivity contribution in [2.75, 3.05) is 13.1 Å². The van der Waals surface area contributed by atoms with Crippen LogP contribution in [0.3, 0.4) is 0 Å². The Bertz CT molecular complexity index is 540. The highest BCUT2D eigenvalue weighted by Crippen LogP contribution is 2.29. The van der Waals surface area contributed by atoms with E-state index in [2.05, 4.69) is 16.9 Å². The molecule has 1 aliphatic heterocycles. The van der Waals surface area contributed by atoms with Gasteiger partial charge in [0.05, 0.1) is 6.20 Å². The quantitative estimate of drug-likeness (QED) is 0.852. The molecule has 1 fully saturated rings. The van der Waals surface area contributed by atoms with Crippen molar-refractivity contribution in [2.24, 2.45) is 11.7 Å². The van der Waals surface area contributed by atoms with Crippen LogP contribution >= 0.6 is 0 Å². The fourth-order valence-electron chi connectivity index (χ4n) is 2.79. The van der Waals surface area contributed by atoms with Gasteiger partial charge in [0.15, 0.2) is 5.03 Å². The molecule has 2 atom stereocenters. The number of aromatic nitrogens is 2. The van der Waals surface area contributed by atoms with Gasteiger partial charge in [-0.25, -0.2) is 13.4 Å². The van der Waals surface area contributed by atoms with Crippen LogP contribution in [-0.4, -0.2) is 41.8 Å². The van der Waals surface area contributed by atoms with E-state index in [1.165, 1.54) is 6.20 Å². The Kier molecular flexibility index (Phi) is 4.82. The van der Waals surface area contributed by atoms with E-state index in [4.69, 9.17) is 5.73 Å². The Morgan fingerprint density at radius 2 is 2.25 bits per heavy atom. The standard InChI is InChI=1S/C13H24N4O2S/c1-3-10-5-6-17(11(7-10)8-14)20(18,19)13-9-15-12(4-2)16-13/h9-11H,3-8,14H2,1-2H3,(H,15,16). The van der Waals surface area contributed by atoms with Crippen LogP contribution in [0.2, 0.25) is 0 Å². The lowest BCUT2D eigenvalue weighted by Crippen LogP contribution is -2.49. The van der Waals surface area contributed by atoms with Crippen molar-refractivity contribution in [3.8, 4) is 0 Å². The van der Waals surface area contributed by atoms with Gasteiger partial charge in [0.25, 0.3) is 10.0 Å². The van der Waals surface area contributed by atoms with Crippen LogP contribution in [0.25, 0.3) is 0 Å². The Balaban J connectivity index is 2.24. The first kappa shape index (κ1) is 15.5. The second-order valence-electron chi connectivity index (χ2n) is 5.35. The molecule has 0 aliphatic carbocycles. The van der Waals surface area contributed by atoms with Gasteiger partial charge in [0.1, 0.15) is 5.82 Å². The van der Waals surface area contributed by atoms with Crippen molar-refractivity contribution in [3.05, 3.63) is 12.0 Å². The fourth-order valence-corrected chi connectivity index (χ4v) is 4.39. The van der Waals surface area contributed by atoms with E-state index in [0.717, 1.165) is 19.3 Å². The van der Waals surface area contributed by atoms with Gasteiger partial charge in [0, 0.05) is 25.6 Å². The molecule has 0 aromatic carbocycles. The van der Waals surface area contributed by atoms with Crippen LogP contribution in [-0.2, 0) is 16.4 Å². The third-order valence-corrected chi connectivity index (χ3v) is 6.01. The van der Waals surface area contributed by atoms with E-state index in [1.54, 1.807) is 4.31 Å². The first-order valence-electron chi connectivity index (χ1n) is 7.28. The van der Waals surface area contributed by atoms with Crippen LogP contribution in [0.1, 0.15) is 38.9 Å². The number of nitrogens with two attached hydrogens (primary N) is 1. The highest BCUT2D eigenvalue weighted by atomic mass is 32.2. The monoisotopic (exact) mass is 300 g/mol. The molecule has 0 spiro atoms. The summed E-state index contributed by atoms with van der Waals surface area (Å²) >= 11 is 0. The number of aromatic amines is 1. The van der Waals surface area contributed by atoms with Gasteiger partial charge < -0.3 is 10.7 Å². The van der Waals surface area contributed by atoms with Crippen molar-refractivity contribution >= 4 is 10.0 Å². The lowest BCUT2D eigenvalue weighted by Gasteiger charge is -2.37. The molecule has 7 heteroatoms. The van der Waals surface area contributed by atoms with Crippen molar-refractivity contribution in [1.82, 2.24) is 14.3 Å². The summed E-state index contributed by atoms with van der Waals surface area (Å²) in [4.78, 5) is 6.97. The number of H-pyrrole nitrogens is 1. The first-order valence-corrected chi connectivity index (χ1v) is 8.72. The Morgan fingerprint density at radius 1 is 1.50 bits per heavy atom. The largest absolute Gasteiger partial charge is 0.332 e. The van der Waals surface area contributed by atoms with Gasteiger partial charge in [-0.3, -0.25) is 0 Å². The molecule has 1 aromatic heterocycles. The van der Waals surface area contributed by atoms with Gasteiger partial charge in [0.2, 0.25) is 0 Å². The van der Waals surface area contributed by atoms with Crippen LogP contribution in [0.5, 0.6) is 0 Å². The molecule has 1 aliphatic rings. The van der Waals surface area contributed by atoms with Gasteiger partial charge >= 0.3 is 0 Å². The van der Waals surface area contributed by atoms with E-state index in [9.17, 15) is 8.42 Å². The lowest BCUT2D eigenvalue weighted by atomic mass is 9.90. The summed E-state index contributed by atoms with van der Waals surface area (Å²) in [6, 6.07) is -0.105. The van der Waals surface area contributed by atoms with Crippen LogP contribution in [0, 0.1) is 5.92 Å². The van der Waals surface area contributed by atoms with E-state index >= 15 is 0 Å². The van der Waals surface area contributed by atoms with Gasteiger partial charge in [-0.1, -0.05) is 20.3 Å². The van der Waals surface area contributed by atoms with Gasteiger partial charge in [-0.05, 0) is 18.8 Å². The molecular formula is C13H24N4O2S. The molecule has 114 valence electrons. The number of sulfonamides is 1. The number of nitrogens with zero attached hydrogens (tertiary/aromatic N) is 2. The fraction of sp³-hybridized carbons (Fsp3) is 0.769. The zero-order valence-corrected chi connectivity index (χ0v) is 13.0. The smallest absolute Gasteiger partial charge is 0.260 e. The molecule has 0 radical (unpaired) electrons. The molecule has 0 bridgehead atoms. The van der Waals surface area contributed by atoms with Crippen molar-refractivity contribution in [3.63, 3.8) is 0 Å². The minimum Gasteiger partial charge on any atom is -0.332 e. The summed E-state index contributed by atoms with van der Waals surface area (Å²) in [5.41, 5.74) is 5.78. The van der Waals surface area contributed by atoms with Crippen LogP contribution < -0.4 is 5.73 Å². The van der Waals surface area contributed by atoms with Gasteiger partial charge in [-0.15, -0.1) is 0 Å². The van der Waals surface area contributed by atoms with E-state index in [1.807, 2.05) is 6.92 Å². The van der Waals surface area contributed by atoms with Crippen molar-refractivity contribution in [1.29, 1.82) is 0 Å². The van der Waals surface area contributed by atoms with Gasteiger partial charge in [-0.2, -0.15) is 4.31 Å². The lowest BCUT2D eigenvalue weighted by molar-refractivity contribution is 0.197. The van der Waals surface area contributed by atoms with Crippen molar-refractivity contribution < 1.29 is 8.42 Å². The number of imidazole rings is 1. The summed E-state index contributed by atoms with van der Waals surface area (Å²) in [5.74, 6) is 1.26. The van der Waals surface area contributed by atoms with E-state index in [0.29, 0.717) is 31.3 Å². The number of hydrogen-bond acceptors (Lipinski definition) is 4. The maximum atomic E-state index is 12.7. The van der Waals surface area contributed by atoms with E-state index in [-0.39, 0.29) is 11.1 Å². The maximum Gasteiger partial charge on any atom is 0.260 e. The number of nitrogens with one attached hydrogen (secondary N) is 1. The van der Waals surface area contributed by atoms with Crippen molar-refractivity contribution in [2.45, 2.75) is 50.6 Å². The zero-order chi connectivity index (χ0) is 14.8. The average molecular weight is 300 g/mol. The normalized spacial score (nSPS) is 24.9. The van der Waals surface area contributed by atoms with Crippen LogP contribution in [0.15, 0.2) is 11.2 Å². The topological polar surface area (TPSA) is 92.1 Å². The number of hydrogen-bond donors (Lipinski definition) is 2. The SMILES string of the molecule is CCc1ncc(S(=O)(=O)N2CCC(CC)CC2CN)[nH]1. The highest BCUT2D eigenvalue weighted by Gasteiger charge is 2.36. The molecule has 3 N–H and O–H groups in total. The molecule has 1 aromatic rings. The summed E-state index contributed by atoms with van der Waals surface area (Å²) < 4.78 is 26.9. The van der Waals surface area contributed by atoms with E-state index < -0.39 is 10.0 Å². The summed E-state index contributed by atoms with van der Waals surface area (Å²) in [7, 11) is -3.51. The Morgan fingerprint density at radius 3 is 2.80 bits per heavy atom. The molecule has 2 unspecified atom stereocenters. The molecule has 0 amide bonds. The second kappa shape index (κ2) is 6.24. The third kappa shape index (κ3) is 2.89. The molecule has 2 heterocycles. The number of rotatable bonds is 5. The molecule has 1 saturated heterocycles. The molecule has 0 saturated carbocycles. The summed E-state index contributed by atoms with van der Waals surface area (Å²) in [5, 5.41) is 0.183.